The molecule has 3 rings (SSSR count). The summed E-state index contributed by atoms with van der Waals surface area (Å²) in [4.78, 5) is 12.5. The average Bonchev–Trinajstić information content (AvgIpc) is 3.10. The van der Waals surface area contributed by atoms with E-state index in [1.807, 2.05) is 36.4 Å². The van der Waals surface area contributed by atoms with Gasteiger partial charge in [-0.05, 0) is 12.1 Å². The van der Waals surface area contributed by atoms with E-state index in [1.165, 1.54) is 6.26 Å². The first-order chi connectivity index (χ1) is 11.7. The number of hydrogen-bond donors (Lipinski definition) is 1. The number of rotatable bonds is 5. The third-order valence-electron chi connectivity index (χ3n) is 3.58. The van der Waals surface area contributed by atoms with Gasteiger partial charge in [-0.2, -0.15) is 0 Å². The van der Waals surface area contributed by atoms with Crippen LogP contribution in [0.25, 0.3) is 11.3 Å². The van der Waals surface area contributed by atoms with Gasteiger partial charge in [-0.25, -0.2) is 0 Å². The number of hydrogen-bond acceptors (Lipinski definition) is 4. The summed E-state index contributed by atoms with van der Waals surface area (Å²) in [5.74, 6) is 0.423. The van der Waals surface area contributed by atoms with Crippen LogP contribution in [0.3, 0.4) is 0 Å². The predicted molar refractivity (Wildman–Crippen MR) is 91.1 cm³/mol. The van der Waals surface area contributed by atoms with Gasteiger partial charge in [0.15, 0.2) is 0 Å². The molecule has 6 heteroatoms. The SMILES string of the molecule is COc1ccccc1CNC(=O)c1conc1-c1ccccc1Cl. The van der Waals surface area contributed by atoms with E-state index in [-0.39, 0.29) is 5.91 Å². The molecule has 5 nitrogen and oxygen atoms in total. The highest BCUT2D eigenvalue weighted by Gasteiger charge is 2.19. The summed E-state index contributed by atoms with van der Waals surface area (Å²) in [7, 11) is 1.59. The van der Waals surface area contributed by atoms with Gasteiger partial charge in [0.2, 0.25) is 0 Å². The third kappa shape index (κ3) is 3.26. The Morgan fingerprint density at radius 3 is 2.75 bits per heavy atom. The Hall–Kier alpha value is -2.79. The Kier molecular flexibility index (Phi) is 4.82. The van der Waals surface area contributed by atoms with Gasteiger partial charge >= 0.3 is 0 Å². The molecule has 0 saturated carbocycles. The van der Waals surface area contributed by atoms with Gasteiger partial charge in [-0.3, -0.25) is 4.79 Å². The topological polar surface area (TPSA) is 64.4 Å². The van der Waals surface area contributed by atoms with Gasteiger partial charge < -0.3 is 14.6 Å². The van der Waals surface area contributed by atoms with Crippen LogP contribution in [0.5, 0.6) is 5.75 Å². The number of para-hydroxylation sites is 1. The summed E-state index contributed by atoms with van der Waals surface area (Å²) in [5, 5.41) is 7.26. The number of aromatic nitrogens is 1. The molecule has 1 amide bonds. The summed E-state index contributed by atoms with van der Waals surface area (Å²) in [6, 6.07) is 14.7. The van der Waals surface area contributed by atoms with Crippen LogP contribution in [-0.4, -0.2) is 18.2 Å². The smallest absolute Gasteiger partial charge is 0.257 e. The fourth-order valence-electron chi connectivity index (χ4n) is 2.37. The third-order valence-corrected chi connectivity index (χ3v) is 3.90. The number of methoxy groups -OCH3 is 1. The molecule has 0 aliphatic rings. The van der Waals surface area contributed by atoms with Crippen LogP contribution in [0.1, 0.15) is 15.9 Å². The molecular formula is C18H15ClN2O3. The highest BCUT2D eigenvalue weighted by Crippen LogP contribution is 2.29. The summed E-state index contributed by atoms with van der Waals surface area (Å²) in [6.07, 6.45) is 1.32. The normalized spacial score (nSPS) is 10.4. The maximum Gasteiger partial charge on any atom is 0.257 e. The van der Waals surface area contributed by atoms with E-state index in [9.17, 15) is 4.79 Å². The summed E-state index contributed by atoms with van der Waals surface area (Å²) in [5.41, 5.74) is 2.27. The molecule has 1 aromatic heterocycles. The molecule has 0 aliphatic heterocycles. The van der Waals surface area contributed by atoms with Crippen molar-refractivity contribution in [3.05, 3.63) is 70.9 Å². The summed E-state index contributed by atoms with van der Waals surface area (Å²) >= 11 is 6.17. The number of nitrogens with zero attached hydrogens (tertiary/aromatic N) is 1. The van der Waals surface area contributed by atoms with Crippen LogP contribution in [0.4, 0.5) is 0 Å². The molecule has 122 valence electrons. The molecule has 0 bridgehead atoms. The van der Waals surface area contributed by atoms with E-state index < -0.39 is 0 Å². The molecule has 0 aliphatic carbocycles. The van der Waals surface area contributed by atoms with Gasteiger partial charge in [-0.1, -0.05) is 53.2 Å². The number of carbonyl (C=O) groups excluding carboxylic acids is 1. The minimum Gasteiger partial charge on any atom is -0.496 e. The first-order valence-electron chi connectivity index (χ1n) is 7.30. The maximum absolute atomic E-state index is 12.5. The van der Waals surface area contributed by atoms with E-state index in [0.717, 1.165) is 11.3 Å². The Morgan fingerprint density at radius 2 is 1.96 bits per heavy atom. The highest BCUT2D eigenvalue weighted by molar-refractivity contribution is 6.33. The first kappa shape index (κ1) is 16.1. The fraction of sp³-hybridized carbons (Fsp3) is 0.111. The largest absolute Gasteiger partial charge is 0.496 e. The first-order valence-corrected chi connectivity index (χ1v) is 7.68. The molecule has 0 atom stereocenters. The lowest BCUT2D eigenvalue weighted by Crippen LogP contribution is -2.23. The van der Waals surface area contributed by atoms with Crippen LogP contribution in [0.2, 0.25) is 5.02 Å². The van der Waals surface area contributed by atoms with Crippen LogP contribution in [-0.2, 0) is 6.54 Å². The summed E-state index contributed by atoms with van der Waals surface area (Å²) in [6.45, 7) is 0.329. The van der Waals surface area contributed by atoms with Crippen LogP contribution in [0.15, 0.2) is 59.3 Å². The molecule has 1 N–H and O–H groups in total. The fourth-order valence-corrected chi connectivity index (χ4v) is 2.59. The quantitative estimate of drug-likeness (QED) is 0.763. The Balaban J connectivity index is 1.80. The zero-order valence-corrected chi connectivity index (χ0v) is 13.7. The number of benzene rings is 2. The minimum absolute atomic E-state index is 0.294. The minimum atomic E-state index is -0.294. The second-order valence-electron chi connectivity index (χ2n) is 5.05. The number of amides is 1. The number of carbonyl (C=O) groups is 1. The van der Waals surface area contributed by atoms with Gasteiger partial charge in [0.05, 0.1) is 12.1 Å². The van der Waals surface area contributed by atoms with Crippen LogP contribution in [0, 0.1) is 0 Å². The van der Waals surface area contributed by atoms with E-state index in [1.54, 1.807) is 19.2 Å². The predicted octanol–water partition coefficient (Wildman–Crippen LogP) is 3.93. The van der Waals surface area contributed by atoms with Crippen molar-refractivity contribution in [2.24, 2.45) is 0 Å². The van der Waals surface area contributed by atoms with Gasteiger partial charge in [0, 0.05) is 17.7 Å². The zero-order chi connectivity index (χ0) is 16.9. The molecule has 0 fully saturated rings. The van der Waals surface area contributed by atoms with Crippen molar-refractivity contribution in [1.82, 2.24) is 10.5 Å². The Labute approximate surface area is 144 Å². The van der Waals surface area contributed by atoms with Gasteiger partial charge in [0.1, 0.15) is 23.3 Å². The second-order valence-corrected chi connectivity index (χ2v) is 5.46. The van der Waals surface area contributed by atoms with E-state index >= 15 is 0 Å². The molecule has 0 radical (unpaired) electrons. The van der Waals surface area contributed by atoms with Crippen molar-refractivity contribution in [2.75, 3.05) is 7.11 Å². The molecule has 1 heterocycles. The molecule has 0 saturated heterocycles. The number of ether oxygens (including phenoxy) is 1. The standard InChI is InChI=1S/C18H15ClN2O3/c1-23-16-9-5-2-6-12(16)10-20-18(22)14-11-24-21-17(14)13-7-3-4-8-15(13)19/h2-9,11H,10H2,1H3,(H,20,22). The van der Waals surface area contributed by atoms with Crippen molar-refractivity contribution >= 4 is 17.5 Å². The van der Waals surface area contributed by atoms with E-state index in [2.05, 4.69) is 10.5 Å². The average molecular weight is 343 g/mol. The van der Waals surface area contributed by atoms with Gasteiger partial charge in [-0.15, -0.1) is 0 Å². The Bertz CT molecular complexity index is 861. The van der Waals surface area contributed by atoms with E-state index in [4.69, 9.17) is 20.9 Å². The number of nitrogens with one attached hydrogen (secondary N) is 1. The van der Waals surface area contributed by atoms with Crippen molar-refractivity contribution in [3.63, 3.8) is 0 Å². The van der Waals surface area contributed by atoms with Crippen molar-refractivity contribution in [1.29, 1.82) is 0 Å². The van der Waals surface area contributed by atoms with Crippen molar-refractivity contribution in [2.45, 2.75) is 6.54 Å². The molecule has 0 spiro atoms. The van der Waals surface area contributed by atoms with Crippen molar-refractivity contribution < 1.29 is 14.1 Å². The monoisotopic (exact) mass is 342 g/mol. The van der Waals surface area contributed by atoms with Crippen LogP contribution < -0.4 is 10.1 Å². The lowest BCUT2D eigenvalue weighted by atomic mass is 10.1. The molecule has 2 aromatic carbocycles. The second kappa shape index (κ2) is 7.19. The molecule has 0 unspecified atom stereocenters. The lowest BCUT2D eigenvalue weighted by Gasteiger charge is -2.09. The summed E-state index contributed by atoms with van der Waals surface area (Å²) < 4.78 is 10.3. The van der Waals surface area contributed by atoms with Crippen LogP contribution >= 0.6 is 11.6 Å². The number of halogens is 1. The van der Waals surface area contributed by atoms with Gasteiger partial charge in [0.25, 0.3) is 5.91 Å². The molecule has 3 aromatic rings. The molecule has 24 heavy (non-hydrogen) atoms. The lowest BCUT2D eigenvalue weighted by molar-refractivity contribution is 0.0950. The maximum atomic E-state index is 12.5. The van der Waals surface area contributed by atoms with Crippen molar-refractivity contribution in [3.8, 4) is 17.0 Å². The molecular weight excluding hydrogens is 328 g/mol. The highest BCUT2D eigenvalue weighted by atomic mass is 35.5. The Morgan fingerprint density at radius 1 is 1.21 bits per heavy atom. The zero-order valence-electron chi connectivity index (χ0n) is 13.0. The van der Waals surface area contributed by atoms with E-state index in [0.29, 0.717) is 28.4 Å².